The molecule has 3 aromatic rings. The molecular weight excluding hydrogens is 454 g/mol. The summed E-state index contributed by atoms with van der Waals surface area (Å²) in [6, 6.07) is 10.5. The molecule has 0 spiro atoms. The number of hydrogen-bond acceptors (Lipinski definition) is 7. The lowest BCUT2D eigenvalue weighted by molar-refractivity contribution is -0.117. The molecule has 0 saturated carbocycles. The number of carbonyl (C=O) groups is 1. The fraction of sp³-hybridized carbons (Fsp3) is 0.360. The van der Waals surface area contributed by atoms with Crippen molar-refractivity contribution in [3.8, 4) is 17.6 Å². The van der Waals surface area contributed by atoms with Crippen molar-refractivity contribution in [2.75, 3.05) is 32.6 Å². The fourth-order valence-corrected chi connectivity index (χ4v) is 7.04. The van der Waals surface area contributed by atoms with Gasteiger partial charge in [0.1, 0.15) is 11.1 Å². The van der Waals surface area contributed by atoms with Gasteiger partial charge in [0.2, 0.25) is 5.91 Å². The summed E-state index contributed by atoms with van der Waals surface area (Å²) in [5, 5.41) is 15.5. The number of carbonyl (C=O) groups excluding carboxylic acids is 1. The monoisotopic (exact) mass is 479 g/mol. The summed E-state index contributed by atoms with van der Waals surface area (Å²) >= 11 is 3.25. The minimum Gasteiger partial charge on any atom is -0.493 e. The molecule has 1 amide bonds. The third kappa shape index (κ3) is 4.01. The first-order chi connectivity index (χ1) is 16.1. The van der Waals surface area contributed by atoms with Gasteiger partial charge in [-0.2, -0.15) is 5.26 Å². The number of hydrogen-bond donors (Lipinski definition) is 1. The van der Waals surface area contributed by atoms with E-state index in [9.17, 15) is 10.1 Å². The van der Waals surface area contributed by atoms with Gasteiger partial charge in [-0.25, -0.2) is 0 Å². The van der Waals surface area contributed by atoms with Crippen molar-refractivity contribution in [1.29, 1.82) is 5.26 Å². The summed E-state index contributed by atoms with van der Waals surface area (Å²) in [5.41, 5.74) is 4.13. The van der Waals surface area contributed by atoms with Crippen LogP contribution in [0.4, 0.5) is 5.00 Å². The first kappa shape index (κ1) is 22.0. The Morgan fingerprint density at radius 1 is 1.24 bits per heavy atom. The van der Waals surface area contributed by atoms with Gasteiger partial charge in [-0.15, -0.1) is 22.7 Å². The summed E-state index contributed by atoms with van der Waals surface area (Å²) in [6.45, 7) is 1.01. The van der Waals surface area contributed by atoms with Gasteiger partial charge in [-0.05, 0) is 66.0 Å². The Morgan fingerprint density at radius 3 is 2.79 bits per heavy atom. The smallest absolute Gasteiger partial charge is 0.239 e. The Bertz CT molecular complexity index is 1230. The largest absolute Gasteiger partial charge is 0.493 e. The number of ether oxygens (including phenoxy) is 2. The maximum absolute atomic E-state index is 13.1. The molecule has 2 aliphatic rings. The number of methoxy groups -OCH3 is 2. The van der Waals surface area contributed by atoms with Crippen molar-refractivity contribution < 1.29 is 14.3 Å². The number of fused-ring (bicyclic) bond motifs is 2. The summed E-state index contributed by atoms with van der Waals surface area (Å²) in [6.07, 6.45) is 3.84. The molecule has 33 heavy (non-hydrogen) atoms. The van der Waals surface area contributed by atoms with Gasteiger partial charge in [0, 0.05) is 16.3 Å². The first-order valence-corrected chi connectivity index (χ1v) is 12.7. The zero-order valence-electron chi connectivity index (χ0n) is 18.6. The standard InChI is InChI=1S/C25H25N3O3S2/c1-30-19-11-15-8-9-28(24(22-7-4-10-32-22)17(15)12-20(19)31-2)14-23(29)27-25-18(13-26)16-5-3-6-21(16)33-25/h4,7,10-12,24H,3,5-6,8-9,14H2,1-2H3,(H,27,29)/t24-/m0/s1. The molecular formula is C25H25N3O3S2. The van der Waals surface area contributed by atoms with Crippen LogP contribution in [0.1, 0.15) is 44.5 Å². The molecule has 0 fully saturated rings. The van der Waals surface area contributed by atoms with Crippen LogP contribution in [0.25, 0.3) is 0 Å². The molecule has 5 rings (SSSR count). The summed E-state index contributed by atoms with van der Waals surface area (Å²) in [4.78, 5) is 17.8. The highest BCUT2D eigenvalue weighted by Gasteiger charge is 2.32. The van der Waals surface area contributed by atoms with E-state index < -0.39 is 0 Å². The molecule has 1 aliphatic carbocycles. The molecule has 6 nitrogen and oxygen atoms in total. The number of benzene rings is 1. The molecule has 1 aromatic carbocycles. The lowest BCUT2D eigenvalue weighted by atomic mass is 9.91. The second-order valence-electron chi connectivity index (χ2n) is 8.27. The van der Waals surface area contributed by atoms with Crippen molar-refractivity contribution in [2.45, 2.75) is 31.7 Å². The topological polar surface area (TPSA) is 74.6 Å². The third-order valence-electron chi connectivity index (χ3n) is 6.42. The third-order valence-corrected chi connectivity index (χ3v) is 8.55. The molecule has 1 N–H and O–H groups in total. The maximum atomic E-state index is 13.1. The predicted octanol–water partition coefficient (Wildman–Crippen LogP) is 4.77. The Hall–Kier alpha value is -2.86. The normalized spacial score (nSPS) is 17.2. The van der Waals surface area contributed by atoms with Gasteiger partial charge in [-0.1, -0.05) is 6.07 Å². The van der Waals surface area contributed by atoms with E-state index in [4.69, 9.17) is 9.47 Å². The molecule has 1 aliphatic heterocycles. The molecule has 170 valence electrons. The lowest BCUT2D eigenvalue weighted by Gasteiger charge is -2.36. The molecule has 0 bridgehead atoms. The number of aryl methyl sites for hydroxylation is 1. The second-order valence-corrected chi connectivity index (χ2v) is 10.4. The highest BCUT2D eigenvalue weighted by Crippen LogP contribution is 2.42. The minimum absolute atomic E-state index is 0.0388. The second kappa shape index (κ2) is 9.18. The Balaban J connectivity index is 1.43. The lowest BCUT2D eigenvalue weighted by Crippen LogP contribution is -2.40. The van der Waals surface area contributed by atoms with Gasteiger partial charge < -0.3 is 14.8 Å². The summed E-state index contributed by atoms with van der Waals surface area (Å²) in [5.74, 6) is 1.33. The van der Waals surface area contributed by atoms with Crippen LogP contribution in [-0.2, 0) is 24.1 Å². The van der Waals surface area contributed by atoms with E-state index in [-0.39, 0.29) is 18.5 Å². The molecule has 3 heterocycles. The van der Waals surface area contributed by atoms with Crippen LogP contribution in [-0.4, -0.2) is 38.1 Å². The average Bonchev–Trinajstić information content (AvgIpc) is 3.56. The fourth-order valence-electron chi connectivity index (χ4n) is 4.91. The van der Waals surface area contributed by atoms with Gasteiger partial charge >= 0.3 is 0 Å². The van der Waals surface area contributed by atoms with E-state index in [1.54, 1.807) is 36.9 Å². The van der Waals surface area contributed by atoms with Gasteiger partial charge in [0.25, 0.3) is 0 Å². The van der Waals surface area contributed by atoms with E-state index >= 15 is 0 Å². The van der Waals surface area contributed by atoms with Crippen LogP contribution < -0.4 is 14.8 Å². The minimum atomic E-state index is -0.0862. The molecule has 2 aromatic heterocycles. The van der Waals surface area contributed by atoms with Crippen molar-refractivity contribution in [2.24, 2.45) is 0 Å². The number of nitrogens with zero attached hydrogens (tertiary/aromatic N) is 2. The maximum Gasteiger partial charge on any atom is 0.239 e. The Labute approximate surface area is 201 Å². The van der Waals surface area contributed by atoms with Crippen LogP contribution in [0.5, 0.6) is 11.5 Å². The van der Waals surface area contributed by atoms with Crippen LogP contribution in [0.15, 0.2) is 29.6 Å². The van der Waals surface area contributed by atoms with Crippen LogP contribution in [0.2, 0.25) is 0 Å². The Kier molecular flexibility index (Phi) is 6.11. The van der Waals surface area contributed by atoms with Crippen molar-refractivity contribution in [3.63, 3.8) is 0 Å². The zero-order chi connectivity index (χ0) is 22.9. The number of nitriles is 1. The summed E-state index contributed by atoms with van der Waals surface area (Å²) in [7, 11) is 3.29. The summed E-state index contributed by atoms with van der Waals surface area (Å²) < 4.78 is 11.1. The SMILES string of the molecule is COc1cc2c(cc1OC)[C@@H](c1cccs1)N(CC(=O)Nc1sc3c(c1C#N)CCC3)CC2. The average molecular weight is 480 g/mol. The molecule has 0 unspecified atom stereocenters. The Morgan fingerprint density at radius 2 is 2.06 bits per heavy atom. The van der Waals surface area contributed by atoms with Crippen molar-refractivity contribution >= 4 is 33.6 Å². The number of thiophene rings is 2. The van der Waals surface area contributed by atoms with E-state index in [1.165, 1.54) is 15.3 Å². The number of nitrogens with one attached hydrogen (secondary N) is 1. The van der Waals surface area contributed by atoms with Crippen molar-refractivity contribution in [3.05, 3.63) is 61.7 Å². The number of rotatable bonds is 6. The van der Waals surface area contributed by atoms with E-state index in [0.29, 0.717) is 16.3 Å². The van der Waals surface area contributed by atoms with Crippen LogP contribution >= 0.6 is 22.7 Å². The van der Waals surface area contributed by atoms with Gasteiger partial charge in [0.05, 0.1) is 32.4 Å². The van der Waals surface area contributed by atoms with Crippen molar-refractivity contribution in [1.82, 2.24) is 4.90 Å². The number of anilines is 1. The van der Waals surface area contributed by atoms with E-state index in [2.05, 4.69) is 33.8 Å². The van der Waals surface area contributed by atoms with E-state index in [0.717, 1.165) is 49.1 Å². The van der Waals surface area contributed by atoms with Gasteiger partial charge in [0.15, 0.2) is 11.5 Å². The van der Waals surface area contributed by atoms with Crippen LogP contribution in [0, 0.1) is 11.3 Å². The predicted molar refractivity (Wildman–Crippen MR) is 131 cm³/mol. The number of amides is 1. The quantitative estimate of drug-likeness (QED) is 0.551. The van der Waals surface area contributed by atoms with Crippen LogP contribution in [0.3, 0.4) is 0 Å². The first-order valence-electron chi connectivity index (χ1n) is 11.0. The molecule has 0 saturated heterocycles. The van der Waals surface area contributed by atoms with E-state index in [1.807, 2.05) is 12.1 Å². The highest BCUT2D eigenvalue weighted by molar-refractivity contribution is 7.16. The van der Waals surface area contributed by atoms with Gasteiger partial charge in [-0.3, -0.25) is 9.69 Å². The molecule has 0 radical (unpaired) electrons. The zero-order valence-corrected chi connectivity index (χ0v) is 20.3. The highest BCUT2D eigenvalue weighted by atomic mass is 32.1. The molecule has 1 atom stereocenters. The molecule has 8 heteroatoms.